The summed E-state index contributed by atoms with van der Waals surface area (Å²) in [5, 5.41) is 18.2. The fraction of sp³-hybridized carbons (Fsp3) is 0.250. The van der Waals surface area contributed by atoms with Crippen molar-refractivity contribution >= 4 is 11.5 Å². The number of carbonyl (C=O) groups excluding carboxylic acids is 1. The molecule has 0 saturated heterocycles. The normalized spacial score (nSPS) is 10.2. The van der Waals surface area contributed by atoms with Gasteiger partial charge in [0.05, 0.1) is 0 Å². The van der Waals surface area contributed by atoms with Gasteiger partial charge in [-0.25, -0.2) is 0 Å². The minimum atomic E-state index is -0.532. The summed E-state index contributed by atoms with van der Waals surface area (Å²) in [6, 6.07) is 1.40. The van der Waals surface area contributed by atoms with Crippen molar-refractivity contribution in [1.82, 2.24) is 0 Å². The Morgan fingerprint density at radius 1 is 1.88 bits per heavy atom. The maximum Gasteiger partial charge on any atom is 0.221 e. The number of rotatable bonds is 1. The number of ketones is 1. The lowest BCUT2D eigenvalue weighted by Gasteiger charge is -1.79. The molecule has 0 radical (unpaired) electrons. The minimum absolute atomic E-state index is 0.468. The molecule has 42 valence electrons. The second-order valence-electron chi connectivity index (χ2n) is 1.12. The van der Waals surface area contributed by atoms with Gasteiger partial charge in [0.25, 0.3) is 0 Å². The summed E-state index contributed by atoms with van der Waals surface area (Å²) in [6.45, 7) is 1.15. The van der Waals surface area contributed by atoms with Crippen LogP contribution in [0.5, 0.6) is 0 Å². The van der Waals surface area contributed by atoms with Crippen molar-refractivity contribution in [3.63, 3.8) is 0 Å². The molecule has 0 aliphatic rings. The molecule has 0 saturated carbocycles. The van der Waals surface area contributed by atoms with Gasteiger partial charge >= 0.3 is 0 Å². The van der Waals surface area contributed by atoms with Crippen LogP contribution in [0.2, 0.25) is 0 Å². The van der Waals surface area contributed by atoms with Crippen molar-refractivity contribution in [1.29, 1.82) is 5.26 Å². The van der Waals surface area contributed by atoms with Gasteiger partial charge in [0.2, 0.25) is 5.71 Å². The number of carbonyl (C=O) groups is 1. The Balaban J connectivity index is 4.20. The molecule has 0 aromatic heterocycles. The van der Waals surface area contributed by atoms with Crippen molar-refractivity contribution in [2.45, 2.75) is 6.92 Å². The standard InChI is InChI=1S/C4H4N2O2/c1-3(7)4(2-5)6-8/h8H,1H3/b6-4-. The monoisotopic (exact) mass is 112 g/mol. The van der Waals surface area contributed by atoms with Crippen LogP contribution >= 0.6 is 0 Å². The lowest BCUT2D eigenvalue weighted by molar-refractivity contribution is -0.111. The van der Waals surface area contributed by atoms with E-state index in [0.29, 0.717) is 0 Å². The molecule has 1 N–H and O–H groups in total. The van der Waals surface area contributed by atoms with Crippen LogP contribution in [0.4, 0.5) is 0 Å². The van der Waals surface area contributed by atoms with Gasteiger partial charge in [0, 0.05) is 6.92 Å². The zero-order valence-corrected chi connectivity index (χ0v) is 4.25. The third-order valence-corrected chi connectivity index (χ3v) is 0.539. The average molecular weight is 112 g/mol. The lowest BCUT2D eigenvalue weighted by Crippen LogP contribution is -2.05. The van der Waals surface area contributed by atoms with Crippen LogP contribution in [-0.4, -0.2) is 16.7 Å². The average Bonchev–Trinajstić information content (AvgIpc) is 1.69. The van der Waals surface area contributed by atoms with E-state index in [2.05, 4.69) is 5.16 Å². The fourth-order valence-electron chi connectivity index (χ4n) is 0.171. The number of Topliss-reactive ketones (excluding diaryl/α,β-unsaturated/α-hetero) is 1. The van der Waals surface area contributed by atoms with Crippen LogP contribution in [0.15, 0.2) is 5.16 Å². The maximum atomic E-state index is 10.1. The molecule has 4 heteroatoms. The molecule has 8 heavy (non-hydrogen) atoms. The third kappa shape index (κ3) is 1.39. The Kier molecular flexibility index (Phi) is 2.28. The second kappa shape index (κ2) is 2.75. The van der Waals surface area contributed by atoms with Crippen molar-refractivity contribution in [2.24, 2.45) is 5.16 Å². The summed E-state index contributed by atoms with van der Waals surface area (Å²) in [6.07, 6.45) is 0. The molecule has 0 aromatic rings. The zero-order chi connectivity index (χ0) is 6.57. The highest BCUT2D eigenvalue weighted by Gasteiger charge is 2.01. The van der Waals surface area contributed by atoms with Crippen LogP contribution in [0.1, 0.15) is 6.92 Å². The van der Waals surface area contributed by atoms with E-state index in [9.17, 15) is 4.79 Å². The first-order chi connectivity index (χ1) is 3.72. The largest absolute Gasteiger partial charge is 0.410 e. The van der Waals surface area contributed by atoms with Gasteiger partial charge in [-0.05, 0) is 0 Å². The van der Waals surface area contributed by atoms with E-state index in [1.807, 2.05) is 0 Å². The molecule has 0 aromatic carbocycles. The van der Waals surface area contributed by atoms with Crippen molar-refractivity contribution in [3.05, 3.63) is 0 Å². The van der Waals surface area contributed by atoms with E-state index in [1.54, 1.807) is 0 Å². The Bertz CT molecular complexity index is 165. The molecule has 0 spiro atoms. The Morgan fingerprint density at radius 2 is 2.38 bits per heavy atom. The van der Waals surface area contributed by atoms with E-state index < -0.39 is 11.5 Å². The molecule has 0 rings (SSSR count). The van der Waals surface area contributed by atoms with E-state index >= 15 is 0 Å². The second-order valence-corrected chi connectivity index (χ2v) is 1.12. The van der Waals surface area contributed by atoms with Gasteiger partial charge < -0.3 is 5.21 Å². The first-order valence-corrected chi connectivity index (χ1v) is 1.85. The van der Waals surface area contributed by atoms with Gasteiger partial charge in [0.15, 0.2) is 5.78 Å². The minimum Gasteiger partial charge on any atom is -0.410 e. The highest BCUT2D eigenvalue weighted by molar-refractivity contribution is 6.45. The summed E-state index contributed by atoms with van der Waals surface area (Å²) >= 11 is 0. The summed E-state index contributed by atoms with van der Waals surface area (Å²) < 4.78 is 0. The Labute approximate surface area is 46.0 Å². The zero-order valence-electron chi connectivity index (χ0n) is 4.25. The molecule has 0 bridgehead atoms. The van der Waals surface area contributed by atoms with Gasteiger partial charge in [-0.2, -0.15) is 5.26 Å². The molecule has 0 fully saturated rings. The van der Waals surface area contributed by atoms with Crippen LogP contribution in [0.3, 0.4) is 0 Å². The van der Waals surface area contributed by atoms with Gasteiger partial charge in [-0.15, -0.1) is 0 Å². The highest BCUT2D eigenvalue weighted by atomic mass is 16.4. The molecule has 0 atom stereocenters. The first-order valence-electron chi connectivity index (χ1n) is 1.85. The molecular formula is C4H4N2O2. The molecule has 0 heterocycles. The van der Waals surface area contributed by atoms with Crippen molar-refractivity contribution < 1.29 is 10.0 Å². The summed E-state index contributed by atoms with van der Waals surface area (Å²) in [5.74, 6) is -0.532. The fourth-order valence-corrected chi connectivity index (χ4v) is 0.171. The number of nitriles is 1. The number of nitrogens with zero attached hydrogens (tertiary/aromatic N) is 2. The summed E-state index contributed by atoms with van der Waals surface area (Å²) in [5.41, 5.74) is -0.468. The van der Waals surface area contributed by atoms with Gasteiger partial charge in [-0.1, -0.05) is 5.16 Å². The number of hydrogen-bond donors (Lipinski definition) is 1. The van der Waals surface area contributed by atoms with E-state index in [-0.39, 0.29) is 0 Å². The van der Waals surface area contributed by atoms with Gasteiger partial charge in [0.1, 0.15) is 6.07 Å². The van der Waals surface area contributed by atoms with E-state index in [1.165, 1.54) is 6.07 Å². The molecule has 0 unspecified atom stereocenters. The molecule has 0 amide bonds. The molecule has 0 aliphatic carbocycles. The van der Waals surface area contributed by atoms with Crippen LogP contribution in [-0.2, 0) is 4.79 Å². The lowest BCUT2D eigenvalue weighted by atomic mass is 10.3. The Hall–Kier alpha value is -1.37. The molecular weight excluding hydrogens is 108 g/mol. The van der Waals surface area contributed by atoms with Crippen LogP contribution < -0.4 is 0 Å². The predicted molar refractivity (Wildman–Crippen MR) is 25.5 cm³/mol. The molecule has 0 aliphatic heterocycles. The van der Waals surface area contributed by atoms with Crippen LogP contribution in [0.25, 0.3) is 0 Å². The third-order valence-electron chi connectivity index (χ3n) is 0.539. The van der Waals surface area contributed by atoms with E-state index in [0.717, 1.165) is 6.92 Å². The maximum absolute atomic E-state index is 10.1. The summed E-state index contributed by atoms with van der Waals surface area (Å²) in [4.78, 5) is 10.1. The SMILES string of the molecule is CC(=O)/C(C#N)=N\O. The first kappa shape index (κ1) is 6.63. The number of hydrogen-bond acceptors (Lipinski definition) is 4. The predicted octanol–water partition coefficient (Wildman–Crippen LogP) is -0.0708. The highest BCUT2D eigenvalue weighted by Crippen LogP contribution is 1.74. The number of oxime groups is 1. The smallest absolute Gasteiger partial charge is 0.221 e. The summed E-state index contributed by atoms with van der Waals surface area (Å²) in [7, 11) is 0. The van der Waals surface area contributed by atoms with Crippen molar-refractivity contribution in [2.75, 3.05) is 0 Å². The van der Waals surface area contributed by atoms with Crippen molar-refractivity contribution in [3.8, 4) is 6.07 Å². The topological polar surface area (TPSA) is 73.5 Å². The quantitative estimate of drug-likeness (QED) is 0.293. The van der Waals surface area contributed by atoms with E-state index in [4.69, 9.17) is 10.5 Å². The Morgan fingerprint density at radius 3 is 2.38 bits per heavy atom. The van der Waals surface area contributed by atoms with Gasteiger partial charge in [-0.3, -0.25) is 4.79 Å². The van der Waals surface area contributed by atoms with Crippen LogP contribution in [0, 0.1) is 11.3 Å². The molecule has 4 nitrogen and oxygen atoms in total.